The third-order valence-electron chi connectivity index (χ3n) is 2.01. The topological polar surface area (TPSA) is 40.1 Å². The normalized spacial score (nSPS) is 9.43. The summed E-state index contributed by atoms with van der Waals surface area (Å²) >= 11 is 0. The third kappa shape index (κ3) is 1.98. The maximum absolute atomic E-state index is 10.7. The second kappa shape index (κ2) is 4.60. The first-order valence-corrected chi connectivity index (χ1v) is 3.98. The first-order valence-electron chi connectivity index (χ1n) is 3.98. The van der Waals surface area contributed by atoms with Gasteiger partial charge in [0.05, 0.1) is 5.97 Å². The van der Waals surface area contributed by atoms with Gasteiger partial charge in [-0.3, -0.25) is 0 Å². The molecule has 0 saturated heterocycles. The molecule has 0 radical (unpaired) electrons. The Morgan fingerprint density at radius 1 is 1.00 bits per heavy atom. The SMILES string of the molecule is O=C([O-])c1cccc2ccccc12.[Na+]. The van der Waals surface area contributed by atoms with E-state index in [1.807, 2.05) is 24.3 Å². The van der Waals surface area contributed by atoms with Crippen LogP contribution in [0.3, 0.4) is 0 Å². The summed E-state index contributed by atoms with van der Waals surface area (Å²) in [6.45, 7) is 0. The van der Waals surface area contributed by atoms with Gasteiger partial charge in [0.25, 0.3) is 0 Å². The van der Waals surface area contributed by atoms with Gasteiger partial charge in [-0.1, -0.05) is 42.5 Å². The summed E-state index contributed by atoms with van der Waals surface area (Å²) in [5, 5.41) is 12.4. The molecule has 64 valence electrons. The van der Waals surface area contributed by atoms with Crippen molar-refractivity contribution in [1.29, 1.82) is 0 Å². The molecule has 2 nitrogen and oxygen atoms in total. The third-order valence-corrected chi connectivity index (χ3v) is 2.01. The molecule has 3 heteroatoms. The van der Waals surface area contributed by atoms with Crippen molar-refractivity contribution >= 4 is 16.7 Å². The van der Waals surface area contributed by atoms with E-state index in [-0.39, 0.29) is 35.1 Å². The zero-order chi connectivity index (χ0) is 9.26. The second-order valence-electron chi connectivity index (χ2n) is 2.81. The van der Waals surface area contributed by atoms with E-state index in [0.717, 1.165) is 10.8 Å². The summed E-state index contributed by atoms with van der Waals surface area (Å²) in [5.74, 6) is -1.13. The van der Waals surface area contributed by atoms with Gasteiger partial charge in [0, 0.05) is 5.56 Å². The van der Waals surface area contributed by atoms with Crippen molar-refractivity contribution in [2.24, 2.45) is 0 Å². The Morgan fingerprint density at radius 2 is 1.64 bits per heavy atom. The van der Waals surface area contributed by atoms with Crippen LogP contribution in [-0.4, -0.2) is 5.97 Å². The van der Waals surface area contributed by atoms with E-state index in [9.17, 15) is 9.90 Å². The molecule has 14 heavy (non-hydrogen) atoms. The Morgan fingerprint density at radius 3 is 2.36 bits per heavy atom. The van der Waals surface area contributed by atoms with Crippen LogP contribution in [0.5, 0.6) is 0 Å². The van der Waals surface area contributed by atoms with E-state index in [4.69, 9.17) is 0 Å². The molecular formula is C11H7NaO2. The monoisotopic (exact) mass is 194 g/mol. The summed E-state index contributed by atoms with van der Waals surface area (Å²) in [4.78, 5) is 10.7. The fraction of sp³-hybridized carbons (Fsp3) is 0. The number of fused-ring (bicyclic) bond motifs is 1. The van der Waals surface area contributed by atoms with Crippen LogP contribution in [0.1, 0.15) is 10.4 Å². The minimum atomic E-state index is -1.13. The molecule has 2 aromatic carbocycles. The van der Waals surface area contributed by atoms with Crippen LogP contribution in [0, 0.1) is 0 Å². The molecule has 0 amide bonds. The van der Waals surface area contributed by atoms with E-state index in [0.29, 0.717) is 0 Å². The van der Waals surface area contributed by atoms with Crippen LogP contribution in [0.4, 0.5) is 0 Å². The van der Waals surface area contributed by atoms with Crippen LogP contribution in [0.15, 0.2) is 42.5 Å². The molecule has 0 saturated carbocycles. The Bertz CT molecular complexity index is 460. The Labute approximate surface area is 104 Å². The predicted molar refractivity (Wildman–Crippen MR) is 48.3 cm³/mol. The first kappa shape index (κ1) is 11.2. The zero-order valence-corrected chi connectivity index (χ0v) is 9.86. The van der Waals surface area contributed by atoms with E-state index in [2.05, 4.69) is 0 Å². The molecular weight excluding hydrogens is 187 g/mol. The summed E-state index contributed by atoms with van der Waals surface area (Å²) in [5.41, 5.74) is 0.248. The summed E-state index contributed by atoms with van der Waals surface area (Å²) in [7, 11) is 0. The van der Waals surface area contributed by atoms with E-state index < -0.39 is 5.97 Å². The number of carbonyl (C=O) groups excluding carboxylic acids is 1. The molecule has 0 N–H and O–H groups in total. The number of carbonyl (C=O) groups is 1. The zero-order valence-electron chi connectivity index (χ0n) is 7.86. The van der Waals surface area contributed by atoms with Gasteiger partial charge in [-0.05, 0) is 10.8 Å². The average molecular weight is 194 g/mol. The van der Waals surface area contributed by atoms with Gasteiger partial charge in [0.15, 0.2) is 0 Å². The summed E-state index contributed by atoms with van der Waals surface area (Å²) in [6.07, 6.45) is 0. The minimum absolute atomic E-state index is 0. The van der Waals surface area contributed by atoms with Crippen molar-refractivity contribution in [3.8, 4) is 0 Å². The van der Waals surface area contributed by atoms with Crippen molar-refractivity contribution in [1.82, 2.24) is 0 Å². The Hall–Kier alpha value is -0.830. The molecule has 0 spiro atoms. The number of aromatic carboxylic acids is 1. The fourth-order valence-corrected chi connectivity index (χ4v) is 1.40. The van der Waals surface area contributed by atoms with Gasteiger partial charge in [0.1, 0.15) is 0 Å². The smallest absolute Gasteiger partial charge is 0.545 e. The molecule has 0 atom stereocenters. The largest absolute Gasteiger partial charge is 1.00 e. The van der Waals surface area contributed by atoms with Crippen molar-refractivity contribution < 1.29 is 39.5 Å². The van der Waals surface area contributed by atoms with Gasteiger partial charge < -0.3 is 9.90 Å². The van der Waals surface area contributed by atoms with E-state index in [1.165, 1.54) is 0 Å². The minimum Gasteiger partial charge on any atom is -0.545 e. The molecule has 0 heterocycles. The number of carboxylic acids is 1. The molecule has 0 aliphatic carbocycles. The maximum atomic E-state index is 10.7. The average Bonchev–Trinajstić information content (AvgIpc) is 2.17. The molecule has 0 aliphatic rings. The van der Waals surface area contributed by atoms with Gasteiger partial charge in [-0.15, -0.1) is 0 Å². The van der Waals surface area contributed by atoms with Crippen LogP contribution in [-0.2, 0) is 0 Å². The first-order chi connectivity index (χ1) is 6.29. The molecule has 0 unspecified atom stereocenters. The maximum Gasteiger partial charge on any atom is 1.00 e. The predicted octanol–water partition coefficient (Wildman–Crippen LogP) is -1.79. The van der Waals surface area contributed by atoms with Gasteiger partial charge in [-0.2, -0.15) is 0 Å². The van der Waals surface area contributed by atoms with E-state index >= 15 is 0 Å². The quantitative estimate of drug-likeness (QED) is 0.503. The van der Waals surface area contributed by atoms with Crippen molar-refractivity contribution in [3.05, 3.63) is 48.0 Å². The van der Waals surface area contributed by atoms with Crippen LogP contribution >= 0.6 is 0 Å². The molecule has 0 fully saturated rings. The van der Waals surface area contributed by atoms with E-state index in [1.54, 1.807) is 18.2 Å². The second-order valence-corrected chi connectivity index (χ2v) is 2.81. The molecule has 0 aromatic heterocycles. The van der Waals surface area contributed by atoms with Crippen LogP contribution in [0.25, 0.3) is 10.8 Å². The van der Waals surface area contributed by atoms with Crippen molar-refractivity contribution in [3.63, 3.8) is 0 Å². The van der Waals surface area contributed by atoms with Crippen LogP contribution in [0.2, 0.25) is 0 Å². The standard InChI is InChI=1S/C11H8O2.Na/c12-11(13)10-7-3-5-8-4-1-2-6-9(8)10;/h1-7H,(H,12,13);/q;+1/p-1. The summed E-state index contributed by atoms with van der Waals surface area (Å²) < 4.78 is 0. The molecule has 0 aliphatic heterocycles. The van der Waals surface area contributed by atoms with Gasteiger partial charge in [0.2, 0.25) is 0 Å². The van der Waals surface area contributed by atoms with Crippen molar-refractivity contribution in [2.75, 3.05) is 0 Å². The summed E-state index contributed by atoms with van der Waals surface area (Å²) in [6, 6.07) is 12.5. The molecule has 0 bridgehead atoms. The number of rotatable bonds is 1. The molecule has 2 aromatic rings. The molecule has 2 rings (SSSR count). The number of carboxylic acid groups (broad SMARTS) is 1. The Balaban J connectivity index is 0.000000980. The Kier molecular flexibility index (Phi) is 3.69. The van der Waals surface area contributed by atoms with Crippen molar-refractivity contribution in [2.45, 2.75) is 0 Å². The fourth-order valence-electron chi connectivity index (χ4n) is 1.40. The van der Waals surface area contributed by atoms with Gasteiger partial charge in [-0.25, -0.2) is 0 Å². The number of hydrogen-bond acceptors (Lipinski definition) is 2. The number of hydrogen-bond donors (Lipinski definition) is 0. The van der Waals surface area contributed by atoms with Gasteiger partial charge >= 0.3 is 29.6 Å². The number of benzene rings is 2. The van der Waals surface area contributed by atoms with Crippen LogP contribution < -0.4 is 34.7 Å².